The molecular formula is C6H14AcN-. The van der Waals surface area contributed by atoms with Crippen molar-refractivity contribution in [3.8, 4) is 0 Å². The summed E-state index contributed by atoms with van der Waals surface area (Å²) >= 11 is 0. The molecule has 8 heavy (non-hydrogen) atoms. The molecule has 0 fully saturated rings. The minimum absolute atomic E-state index is 0. The SMILES string of the molecule is CC[N-]C(C)CC.[Ac]. The molecule has 0 heterocycles. The Labute approximate surface area is 88.2 Å². The van der Waals surface area contributed by atoms with Crippen LogP contribution in [-0.2, 0) is 0 Å². The van der Waals surface area contributed by atoms with E-state index in [0.717, 1.165) is 6.54 Å². The van der Waals surface area contributed by atoms with Crippen LogP contribution < -0.4 is 0 Å². The molecule has 0 aromatic carbocycles. The molecule has 1 radical (unpaired) electrons. The summed E-state index contributed by atoms with van der Waals surface area (Å²) in [5.74, 6) is 0. The second-order valence-corrected chi connectivity index (χ2v) is 1.76. The van der Waals surface area contributed by atoms with Crippen molar-refractivity contribution in [3.05, 3.63) is 5.32 Å². The van der Waals surface area contributed by atoms with Gasteiger partial charge in [-0.15, -0.1) is 6.04 Å². The zero-order valence-electron chi connectivity index (χ0n) is 6.02. The van der Waals surface area contributed by atoms with E-state index in [0.29, 0.717) is 6.04 Å². The molecule has 0 aliphatic carbocycles. The van der Waals surface area contributed by atoms with Gasteiger partial charge in [0.15, 0.2) is 0 Å². The summed E-state index contributed by atoms with van der Waals surface area (Å²) in [6, 6.07) is 0.574. The fourth-order valence-electron chi connectivity index (χ4n) is 0.441. The minimum atomic E-state index is 0. The zero-order valence-corrected chi connectivity index (χ0v) is 10.8. The standard InChI is InChI=1S/C6H14N.Ac/c1-4-6(3)7-5-2;/h6H,4-5H2,1-3H3;/q-1;. The van der Waals surface area contributed by atoms with E-state index < -0.39 is 0 Å². The normalized spacial score (nSPS) is 12.4. The van der Waals surface area contributed by atoms with E-state index in [1.165, 1.54) is 6.42 Å². The number of nitrogens with zero attached hydrogens (tertiary/aromatic N) is 1. The van der Waals surface area contributed by atoms with Crippen molar-refractivity contribution in [3.63, 3.8) is 0 Å². The van der Waals surface area contributed by atoms with Gasteiger partial charge in [0.05, 0.1) is 0 Å². The van der Waals surface area contributed by atoms with E-state index in [-0.39, 0.29) is 44.1 Å². The van der Waals surface area contributed by atoms with E-state index >= 15 is 0 Å². The Kier molecular flexibility index (Phi) is 12.7. The van der Waals surface area contributed by atoms with E-state index in [1.807, 2.05) is 0 Å². The van der Waals surface area contributed by atoms with E-state index in [1.54, 1.807) is 0 Å². The van der Waals surface area contributed by atoms with Crippen LogP contribution in [0, 0.1) is 44.1 Å². The molecular weight excluding hydrogens is 313 g/mol. The summed E-state index contributed by atoms with van der Waals surface area (Å²) in [5, 5.41) is 4.24. The third-order valence-electron chi connectivity index (χ3n) is 1.09. The Balaban J connectivity index is 0. The van der Waals surface area contributed by atoms with E-state index in [4.69, 9.17) is 0 Å². The fourth-order valence-corrected chi connectivity index (χ4v) is 0.441. The molecule has 1 atom stereocenters. The van der Waals surface area contributed by atoms with Crippen LogP contribution in [0.4, 0.5) is 0 Å². The maximum Gasteiger partial charge on any atom is 0 e. The van der Waals surface area contributed by atoms with Crippen LogP contribution in [0.15, 0.2) is 0 Å². The Bertz CT molecular complexity index is 39.5. The van der Waals surface area contributed by atoms with Crippen LogP contribution >= 0.6 is 0 Å². The summed E-state index contributed by atoms with van der Waals surface area (Å²) in [5.41, 5.74) is 0. The van der Waals surface area contributed by atoms with Crippen LogP contribution in [0.2, 0.25) is 0 Å². The first kappa shape index (κ1) is 12.1. The summed E-state index contributed by atoms with van der Waals surface area (Å²) in [6.07, 6.45) is 1.17. The first-order chi connectivity index (χ1) is 3.31. The first-order valence-electron chi connectivity index (χ1n) is 2.97. The third kappa shape index (κ3) is 7.40. The maximum atomic E-state index is 4.24. The quantitative estimate of drug-likeness (QED) is 0.754. The van der Waals surface area contributed by atoms with Gasteiger partial charge in [0, 0.05) is 44.1 Å². The van der Waals surface area contributed by atoms with Gasteiger partial charge in [-0.2, -0.15) is 6.54 Å². The fraction of sp³-hybridized carbons (Fsp3) is 1.00. The Morgan fingerprint density at radius 3 is 2.00 bits per heavy atom. The first-order valence-corrected chi connectivity index (χ1v) is 2.97. The molecule has 47 valence electrons. The predicted molar refractivity (Wildman–Crippen MR) is 33.7 cm³/mol. The average Bonchev–Trinajstić information content (AvgIpc) is 1.68. The van der Waals surface area contributed by atoms with Gasteiger partial charge in [0.1, 0.15) is 0 Å². The molecule has 0 aliphatic heterocycles. The van der Waals surface area contributed by atoms with Gasteiger partial charge in [-0.3, -0.25) is 0 Å². The smallest absolute Gasteiger partial charge is 0 e. The van der Waals surface area contributed by atoms with Crippen molar-refractivity contribution in [1.82, 2.24) is 0 Å². The van der Waals surface area contributed by atoms with Crippen molar-refractivity contribution < 1.29 is 44.1 Å². The van der Waals surface area contributed by atoms with Crippen LogP contribution in [0.3, 0.4) is 0 Å². The molecule has 0 saturated carbocycles. The molecule has 2 heteroatoms. The van der Waals surface area contributed by atoms with Gasteiger partial charge in [-0.25, -0.2) is 0 Å². The van der Waals surface area contributed by atoms with Crippen LogP contribution in [0.1, 0.15) is 27.2 Å². The largest absolute Gasteiger partial charge is 0.660 e. The predicted octanol–water partition coefficient (Wildman–Crippen LogP) is 2.18. The number of hydrogen-bond donors (Lipinski definition) is 0. The van der Waals surface area contributed by atoms with Gasteiger partial charge in [-0.1, -0.05) is 27.2 Å². The van der Waals surface area contributed by atoms with Gasteiger partial charge in [0.2, 0.25) is 0 Å². The van der Waals surface area contributed by atoms with Gasteiger partial charge >= 0.3 is 0 Å². The second-order valence-electron chi connectivity index (χ2n) is 1.76. The molecule has 0 amide bonds. The summed E-state index contributed by atoms with van der Waals surface area (Å²) in [7, 11) is 0. The van der Waals surface area contributed by atoms with E-state index in [2.05, 4.69) is 26.1 Å². The molecule has 1 unspecified atom stereocenters. The van der Waals surface area contributed by atoms with Gasteiger partial charge in [0.25, 0.3) is 0 Å². The Hall–Kier alpha value is 1.40. The average molecular weight is 327 g/mol. The van der Waals surface area contributed by atoms with Crippen molar-refractivity contribution in [2.45, 2.75) is 33.2 Å². The maximum absolute atomic E-state index is 4.24. The van der Waals surface area contributed by atoms with Crippen molar-refractivity contribution in [2.75, 3.05) is 6.54 Å². The van der Waals surface area contributed by atoms with Crippen molar-refractivity contribution >= 4 is 0 Å². The van der Waals surface area contributed by atoms with Crippen molar-refractivity contribution in [2.24, 2.45) is 0 Å². The summed E-state index contributed by atoms with van der Waals surface area (Å²) in [6.45, 7) is 7.34. The second kappa shape index (κ2) is 8.40. The summed E-state index contributed by atoms with van der Waals surface area (Å²) in [4.78, 5) is 0. The molecule has 0 aromatic rings. The minimum Gasteiger partial charge on any atom is -0.660 e. The third-order valence-corrected chi connectivity index (χ3v) is 1.09. The molecule has 0 saturated heterocycles. The molecule has 0 spiro atoms. The molecule has 0 aromatic heterocycles. The molecule has 0 N–H and O–H groups in total. The molecule has 0 aliphatic rings. The van der Waals surface area contributed by atoms with E-state index in [9.17, 15) is 0 Å². The van der Waals surface area contributed by atoms with Gasteiger partial charge < -0.3 is 5.32 Å². The van der Waals surface area contributed by atoms with Gasteiger partial charge in [-0.05, 0) is 0 Å². The summed E-state index contributed by atoms with van der Waals surface area (Å²) < 4.78 is 0. The van der Waals surface area contributed by atoms with Crippen LogP contribution in [0.25, 0.3) is 5.32 Å². The zero-order chi connectivity index (χ0) is 5.70. The molecule has 0 rings (SSSR count). The number of rotatable bonds is 3. The Morgan fingerprint density at radius 1 is 1.38 bits per heavy atom. The Morgan fingerprint density at radius 2 is 1.88 bits per heavy atom. The number of hydrogen-bond acceptors (Lipinski definition) is 0. The van der Waals surface area contributed by atoms with Crippen LogP contribution in [-0.4, -0.2) is 12.6 Å². The topological polar surface area (TPSA) is 14.1 Å². The molecule has 0 bridgehead atoms. The molecule has 1 nitrogen and oxygen atoms in total. The monoisotopic (exact) mass is 327 g/mol. The van der Waals surface area contributed by atoms with Crippen LogP contribution in [0.5, 0.6) is 0 Å². The van der Waals surface area contributed by atoms with Crippen molar-refractivity contribution in [1.29, 1.82) is 0 Å².